The van der Waals surface area contributed by atoms with E-state index >= 15 is 0 Å². The molecule has 0 N–H and O–H groups in total. The summed E-state index contributed by atoms with van der Waals surface area (Å²) in [5.74, 6) is -0.140. The van der Waals surface area contributed by atoms with E-state index in [1.807, 2.05) is 12.1 Å². The lowest BCUT2D eigenvalue weighted by Crippen LogP contribution is -2.43. The number of piperidine rings is 1. The van der Waals surface area contributed by atoms with Crippen molar-refractivity contribution < 1.29 is 9.53 Å². The number of esters is 1. The van der Waals surface area contributed by atoms with Crippen LogP contribution in [-0.2, 0) is 11.2 Å². The van der Waals surface area contributed by atoms with E-state index in [1.165, 1.54) is 29.5 Å². The van der Waals surface area contributed by atoms with Crippen molar-refractivity contribution in [3.8, 4) is 11.1 Å². The lowest BCUT2D eigenvalue weighted by Gasteiger charge is -2.35. The van der Waals surface area contributed by atoms with Crippen LogP contribution >= 0.6 is 0 Å². The molecule has 2 heterocycles. The average Bonchev–Trinajstić information content (AvgIpc) is 3.08. The summed E-state index contributed by atoms with van der Waals surface area (Å²) >= 11 is 0. The third-order valence-electron chi connectivity index (χ3n) is 6.40. The molecular weight excluding hydrogens is 310 g/mol. The van der Waals surface area contributed by atoms with Gasteiger partial charge in [0.15, 0.2) is 0 Å². The Morgan fingerprint density at radius 2 is 1.72 bits per heavy atom. The molecule has 2 aliphatic heterocycles. The Kier molecular flexibility index (Phi) is 3.46. The Morgan fingerprint density at radius 3 is 2.52 bits per heavy atom. The highest BCUT2D eigenvalue weighted by Gasteiger charge is 2.40. The van der Waals surface area contributed by atoms with Gasteiger partial charge in [0.1, 0.15) is 6.10 Å². The van der Waals surface area contributed by atoms with Gasteiger partial charge >= 0.3 is 5.97 Å². The van der Waals surface area contributed by atoms with Gasteiger partial charge in [-0.1, -0.05) is 36.4 Å². The molecular formula is C22H23NO2. The third kappa shape index (κ3) is 2.41. The zero-order valence-electron chi connectivity index (χ0n) is 14.6. The molecule has 0 radical (unpaired) electrons. The topological polar surface area (TPSA) is 29.5 Å². The van der Waals surface area contributed by atoms with Crippen molar-refractivity contribution in [2.75, 3.05) is 7.05 Å². The van der Waals surface area contributed by atoms with E-state index in [0.29, 0.717) is 12.1 Å². The van der Waals surface area contributed by atoms with Gasteiger partial charge in [-0.2, -0.15) is 0 Å². The second-order valence-electron chi connectivity index (χ2n) is 7.71. The van der Waals surface area contributed by atoms with Gasteiger partial charge in [-0.25, -0.2) is 4.79 Å². The summed E-state index contributed by atoms with van der Waals surface area (Å²) in [7, 11) is 2.21. The van der Waals surface area contributed by atoms with Gasteiger partial charge in [0, 0.05) is 24.9 Å². The van der Waals surface area contributed by atoms with Gasteiger partial charge in [-0.05, 0) is 54.6 Å². The molecule has 0 spiro atoms. The number of carbonyl (C=O) groups is 1. The Labute approximate surface area is 148 Å². The lowest BCUT2D eigenvalue weighted by molar-refractivity contribution is -0.000521. The summed E-state index contributed by atoms with van der Waals surface area (Å²) in [5.41, 5.74) is 5.62. The van der Waals surface area contributed by atoms with Crippen LogP contribution in [0.25, 0.3) is 11.1 Å². The number of nitrogens with zero attached hydrogens (tertiary/aromatic N) is 1. The van der Waals surface area contributed by atoms with Gasteiger partial charge in [0.25, 0.3) is 0 Å². The van der Waals surface area contributed by atoms with Gasteiger partial charge in [-0.15, -0.1) is 0 Å². The average molecular weight is 333 g/mol. The van der Waals surface area contributed by atoms with Gasteiger partial charge in [-0.3, -0.25) is 0 Å². The highest BCUT2D eigenvalue weighted by Crippen LogP contribution is 2.39. The minimum absolute atomic E-state index is 0.0702. The van der Waals surface area contributed by atoms with Gasteiger partial charge in [0.2, 0.25) is 0 Å². The summed E-state index contributed by atoms with van der Waals surface area (Å²) in [5, 5.41) is 0. The molecule has 2 bridgehead atoms. The Bertz CT molecular complexity index is 830. The Hall–Kier alpha value is -2.13. The molecule has 0 aromatic heterocycles. The van der Waals surface area contributed by atoms with Crippen molar-refractivity contribution in [2.24, 2.45) is 0 Å². The number of fused-ring (bicyclic) bond motifs is 5. The molecule has 25 heavy (non-hydrogen) atoms. The van der Waals surface area contributed by atoms with E-state index in [9.17, 15) is 4.79 Å². The first-order valence-electron chi connectivity index (χ1n) is 9.34. The maximum absolute atomic E-state index is 12.9. The fraction of sp³-hybridized carbons (Fsp3) is 0.409. The van der Waals surface area contributed by atoms with Gasteiger partial charge < -0.3 is 9.64 Å². The molecule has 2 fully saturated rings. The molecule has 2 aromatic carbocycles. The van der Waals surface area contributed by atoms with Crippen LogP contribution in [0.5, 0.6) is 0 Å². The summed E-state index contributed by atoms with van der Waals surface area (Å²) in [6.45, 7) is 0. The molecule has 128 valence electrons. The van der Waals surface area contributed by atoms with E-state index < -0.39 is 0 Å². The highest BCUT2D eigenvalue weighted by molar-refractivity contribution is 5.95. The minimum atomic E-state index is -0.140. The summed E-state index contributed by atoms with van der Waals surface area (Å²) in [6, 6.07) is 15.6. The predicted molar refractivity (Wildman–Crippen MR) is 97.7 cm³/mol. The normalized spacial score (nSPS) is 27.0. The van der Waals surface area contributed by atoms with E-state index in [2.05, 4.69) is 42.3 Å². The van der Waals surface area contributed by atoms with E-state index in [0.717, 1.165) is 30.4 Å². The van der Waals surface area contributed by atoms with Crippen LogP contribution in [0.4, 0.5) is 0 Å². The first-order valence-corrected chi connectivity index (χ1v) is 9.34. The van der Waals surface area contributed by atoms with Crippen LogP contribution in [0.2, 0.25) is 0 Å². The fourth-order valence-electron chi connectivity index (χ4n) is 5.02. The molecule has 1 unspecified atom stereocenters. The number of ether oxygens (including phenoxy) is 1. The summed E-state index contributed by atoms with van der Waals surface area (Å²) in [4.78, 5) is 15.4. The first-order chi connectivity index (χ1) is 12.2. The molecule has 0 amide bonds. The van der Waals surface area contributed by atoms with Crippen molar-refractivity contribution in [2.45, 2.75) is 50.3 Å². The van der Waals surface area contributed by atoms with E-state index in [-0.39, 0.29) is 12.1 Å². The van der Waals surface area contributed by atoms with Crippen molar-refractivity contribution in [1.29, 1.82) is 0 Å². The van der Waals surface area contributed by atoms with Crippen LogP contribution in [0.3, 0.4) is 0 Å². The van der Waals surface area contributed by atoms with Crippen molar-refractivity contribution in [1.82, 2.24) is 4.90 Å². The van der Waals surface area contributed by atoms with E-state index in [1.54, 1.807) is 0 Å². The van der Waals surface area contributed by atoms with Crippen LogP contribution in [0.15, 0.2) is 42.5 Å². The zero-order chi connectivity index (χ0) is 17.0. The zero-order valence-corrected chi connectivity index (χ0v) is 14.6. The lowest BCUT2D eigenvalue weighted by atomic mass is 9.99. The molecule has 3 aliphatic rings. The van der Waals surface area contributed by atoms with Gasteiger partial charge in [0.05, 0.1) is 5.56 Å². The van der Waals surface area contributed by atoms with Crippen molar-refractivity contribution in [3.63, 3.8) is 0 Å². The van der Waals surface area contributed by atoms with Crippen molar-refractivity contribution in [3.05, 3.63) is 59.2 Å². The molecule has 3 heteroatoms. The Morgan fingerprint density at radius 1 is 1.00 bits per heavy atom. The predicted octanol–water partition coefficient (Wildman–Crippen LogP) is 4.04. The van der Waals surface area contributed by atoms with Crippen LogP contribution in [-0.4, -0.2) is 36.1 Å². The third-order valence-corrected chi connectivity index (χ3v) is 6.40. The second-order valence-corrected chi connectivity index (χ2v) is 7.71. The quantitative estimate of drug-likeness (QED) is 0.663. The van der Waals surface area contributed by atoms with Crippen LogP contribution in [0, 0.1) is 0 Å². The monoisotopic (exact) mass is 333 g/mol. The molecule has 3 atom stereocenters. The first kappa shape index (κ1) is 15.2. The summed E-state index contributed by atoms with van der Waals surface area (Å²) < 4.78 is 5.97. The summed E-state index contributed by atoms with van der Waals surface area (Å²) in [6.07, 6.45) is 5.34. The minimum Gasteiger partial charge on any atom is -0.459 e. The molecule has 0 saturated carbocycles. The molecule has 3 nitrogen and oxygen atoms in total. The number of benzene rings is 2. The van der Waals surface area contributed by atoms with Crippen molar-refractivity contribution >= 4 is 5.97 Å². The Balaban J connectivity index is 1.39. The number of rotatable bonds is 2. The van der Waals surface area contributed by atoms with Crippen LogP contribution in [0.1, 0.15) is 47.2 Å². The number of hydrogen-bond donors (Lipinski definition) is 0. The second kappa shape index (κ2) is 5.70. The molecule has 2 saturated heterocycles. The largest absolute Gasteiger partial charge is 0.459 e. The molecule has 2 aromatic rings. The highest BCUT2D eigenvalue weighted by atomic mass is 16.5. The van der Waals surface area contributed by atoms with E-state index in [4.69, 9.17) is 4.74 Å². The maximum atomic E-state index is 12.9. The molecule has 5 rings (SSSR count). The fourth-order valence-corrected chi connectivity index (χ4v) is 5.02. The number of hydrogen-bond acceptors (Lipinski definition) is 3. The smallest absolute Gasteiger partial charge is 0.338 e. The SMILES string of the molecule is CN1[C@@H]2CC[C@H]1CC(OC(=O)c1cccc3c1Cc1ccccc1-3)C2. The number of carbonyl (C=O) groups excluding carboxylic acids is 1. The standard InChI is InChI=1S/C22H23NO2/c1-23-15-9-10-16(23)13-17(12-15)25-22(24)20-8-4-7-19-18-6-3-2-5-14(18)11-21(19)20/h2-8,15-17H,9-13H2,1H3/t15-,16+,17?. The molecule has 1 aliphatic carbocycles. The maximum Gasteiger partial charge on any atom is 0.338 e. The van der Waals surface area contributed by atoms with Crippen LogP contribution < -0.4 is 0 Å².